The molecule has 0 spiro atoms. The summed E-state index contributed by atoms with van der Waals surface area (Å²) in [7, 11) is 0. The van der Waals surface area contributed by atoms with Gasteiger partial charge in [0.1, 0.15) is 0 Å². The maximum absolute atomic E-state index is 12.2. The van der Waals surface area contributed by atoms with Crippen LogP contribution >= 0.6 is 11.8 Å². The summed E-state index contributed by atoms with van der Waals surface area (Å²) in [6, 6.07) is 0.454. The molecule has 1 heterocycles. The van der Waals surface area contributed by atoms with Crippen molar-refractivity contribution in [2.24, 2.45) is 0 Å². The molecule has 0 aliphatic carbocycles. The quantitative estimate of drug-likeness (QED) is 0.690. The van der Waals surface area contributed by atoms with Gasteiger partial charge in [-0.15, -0.1) is 11.8 Å². The number of rotatable bonds is 5. The van der Waals surface area contributed by atoms with Crippen LogP contribution in [0.3, 0.4) is 0 Å². The number of thioether (sulfide) groups is 1. The van der Waals surface area contributed by atoms with Crippen LogP contribution in [0.25, 0.3) is 0 Å². The van der Waals surface area contributed by atoms with E-state index in [-0.39, 0.29) is 5.25 Å². The van der Waals surface area contributed by atoms with Gasteiger partial charge in [0, 0.05) is 12.6 Å². The Labute approximate surface area is 104 Å². The van der Waals surface area contributed by atoms with Gasteiger partial charge in [-0.05, 0) is 45.3 Å². The molecule has 0 radical (unpaired) electrons. The number of carbonyl (C=O) groups is 1. The third-order valence-electron chi connectivity index (χ3n) is 3.30. The third kappa shape index (κ3) is 4.00. The van der Waals surface area contributed by atoms with Crippen LogP contribution < -0.4 is 0 Å². The van der Waals surface area contributed by atoms with Gasteiger partial charge in [-0.3, -0.25) is 4.79 Å². The summed E-state index contributed by atoms with van der Waals surface area (Å²) < 4.78 is 0. The fraction of sp³-hybridized carbons (Fsp3) is 0.923. The summed E-state index contributed by atoms with van der Waals surface area (Å²) in [5.41, 5.74) is 0. The zero-order chi connectivity index (χ0) is 12.0. The number of piperidine rings is 1. The van der Waals surface area contributed by atoms with Crippen LogP contribution in [0, 0.1) is 0 Å². The summed E-state index contributed by atoms with van der Waals surface area (Å²) in [6.07, 6.45) is 6.08. The van der Waals surface area contributed by atoms with Crippen molar-refractivity contribution >= 4 is 17.7 Å². The molecule has 0 aromatic heterocycles. The fourth-order valence-corrected chi connectivity index (χ4v) is 3.22. The molecule has 1 aliphatic rings. The van der Waals surface area contributed by atoms with Crippen LogP contribution in [0.15, 0.2) is 0 Å². The van der Waals surface area contributed by atoms with Crippen molar-refractivity contribution in [3.05, 3.63) is 0 Å². The lowest BCUT2D eigenvalue weighted by molar-refractivity contribution is -0.133. The predicted octanol–water partition coefficient (Wildman–Crippen LogP) is 3.31. The Morgan fingerprint density at radius 2 is 2.25 bits per heavy atom. The summed E-state index contributed by atoms with van der Waals surface area (Å²) in [5, 5.41) is 0.145. The highest BCUT2D eigenvalue weighted by atomic mass is 32.2. The molecule has 3 heteroatoms. The number of hydrogen-bond donors (Lipinski definition) is 0. The Bertz CT molecular complexity index is 220. The van der Waals surface area contributed by atoms with E-state index in [0.29, 0.717) is 11.9 Å². The van der Waals surface area contributed by atoms with Crippen LogP contribution in [0.5, 0.6) is 0 Å². The molecule has 1 amide bonds. The number of carbonyl (C=O) groups excluding carboxylic acids is 1. The van der Waals surface area contributed by atoms with Crippen molar-refractivity contribution in [1.82, 2.24) is 4.90 Å². The van der Waals surface area contributed by atoms with Gasteiger partial charge in [0.15, 0.2) is 0 Å². The fourth-order valence-electron chi connectivity index (χ4n) is 2.13. The highest BCUT2D eigenvalue weighted by Gasteiger charge is 2.26. The first-order valence-electron chi connectivity index (χ1n) is 6.59. The van der Waals surface area contributed by atoms with Crippen LogP contribution in [0.2, 0.25) is 0 Å². The highest BCUT2D eigenvalue weighted by Crippen LogP contribution is 2.21. The van der Waals surface area contributed by atoms with Gasteiger partial charge in [0.2, 0.25) is 5.91 Å². The molecule has 2 unspecified atom stereocenters. The molecule has 2 nitrogen and oxygen atoms in total. The molecule has 16 heavy (non-hydrogen) atoms. The number of amides is 1. The predicted molar refractivity (Wildman–Crippen MR) is 71.9 cm³/mol. The summed E-state index contributed by atoms with van der Waals surface area (Å²) in [6.45, 7) is 7.41. The van der Waals surface area contributed by atoms with Crippen molar-refractivity contribution in [3.8, 4) is 0 Å². The summed E-state index contributed by atoms with van der Waals surface area (Å²) >= 11 is 1.81. The molecule has 94 valence electrons. The van der Waals surface area contributed by atoms with E-state index in [1.54, 1.807) is 0 Å². The lowest BCUT2D eigenvalue weighted by atomic mass is 10.0. The van der Waals surface area contributed by atoms with E-state index < -0.39 is 0 Å². The SMILES string of the molecule is CCCCSC(C)C(=O)N1CCCCC1C. The second-order valence-corrected chi connectivity index (χ2v) is 6.19. The van der Waals surface area contributed by atoms with Crippen molar-refractivity contribution in [3.63, 3.8) is 0 Å². The van der Waals surface area contributed by atoms with E-state index in [2.05, 4.69) is 25.7 Å². The minimum absolute atomic E-state index is 0.145. The van der Waals surface area contributed by atoms with Crippen molar-refractivity contribution in [1.29, 1.82) is 0 Å². The van der Waals surface area contributed by atoms with Gasteiger partial charge >= 0.3 is 0 Å². The van der Waals surface area contributed by atoms with Gasteiger partial charge in [-0.25, -0.2) is 0 Å². The smallest absolute Gasteiger partial charge is 0.235 e. The zero-order valence-corrected chi connectivity index (χ0v) is 11.7. The van der Waals surface area contributed by atoms with Gasteiger partial charge in [0.05, 0.1) is 5.25 Å². The molecule has 0 aromatic rings. The van der Waals surface area contributed by atoms with Crippen molar-refractivity contribution in [2.75, 3.05) is 12.3 Å². The minimum atomic E-state index is 0.145. The van der Waals surface area contributed by atoms with Crippen LogP contribution in [0.4, 0.5) is 0 Å². The second kappa shape index (κ2) is 7.21. The molecule has 1 rings (SSSR count). The Morgan fingerprint density at radius 1 is 1.50 bits per heavy atom. The van der Waals surface area contributed by atoms with Gasteiger partial charge in [0.25, 0.3) is 0 Å². The van der Waals surface area contributed by atoms with Crippen molar-refractivity contribution < 1.29 is 4.79 Å². The summed E-state index contributed by atoms with van der Waals surface area (Å²) in [4.78, 5) is 14.3. The van der Waals surface area contributed by atoms with Crippen LogP contribution in [-0.4, -0.2) is 34.4 Å². The topological polar surface area (TPSA) is 20.3 Å². The Hall–Kier alpha value is -0.180. The Balaban J connectivity index is 2.36. The number of hydrogen-bond acceptors (Lipinski definition) is 2. The second-order valence-electron chi connectivity index (χ2n) is 4.74. The average molecular weight is 243 g/mol. The average Bonchev–Trinajstić information content (AvgIpc) is 2.29. The molecule has 0 N–H and O–H groups in total. The molecule has 1 aliphatic heterocycles. The number of nitrogens with zero attached hydrogens (tertiary/aromatic N) is 1. The first-order valence-corrected chi connectivity index (χ1v) is 7.63. The first-order chi connectivity index (χ1) is 7.66. The standard InChI is InChI=1S/C13H25NOS/c1-4-5-10-16-12(3)13(15)14-9-7-6-8-11(14)2/h11-12H,4-10H2,1-3H3. The monoisotopic (exact) mass is 243 g/mol. The van der Waals surface area contributed by atoms with E-state index in [1.165, 1.54) is 32.1 Å². The van der Waals surface area contributed by atoms with Gasteiger partial charge in [-0.2, -0.15) is 0 Å². The normalized spacial score (nSPS) is 23.2. The van der Waals surface area contributed by atoms with Gasteiger partial charge in [-0.1, -0.05) is 13.3 Å². The summed E-state index contributed by atoms with van der Waals surface area (Å²) in [5.74, 6) is 1.47. The van der Waals surface area contributed by atoms with Crippen LogP contribution in [-0.2, 0) is 4.79 Å². The number of unbranched alkanes of at least 4 members (excludes halogenated alkanes) is 1. The molecule has 0 aromatic carbocycles. The van der Waals surface area contributed by atoms with E-state index in [4.69, 9.17) is 0 Å². The molecule has 2 atom stereocenters. The van der Waals surface area contributed by atoms with E-state index in [0.717, 1.165) is 12.3 Å². The zero-order valence-electron chi connectivity index (χ0n) is 10.9. The molecule has 0 saturated carbocycles. The van der Waals surface area contributed by atoms with E-state index in [9.17, 15) is 4.79 Å². The third-order valence-corrected chi connectivity index (χ3v) is 4.53. The van der Waals surface area contributed by atoms with Crippen LogP contribution in [0.1, 0.15) is 52.9 Å². The van der Waals surface area contributed by atoms with E-state index >= 15 is 0 Å². The molecule has 1 saturated heterocycles. The van der Waals surface area contributed by atoms with E-state index in [1.807, 2.05) is 11.8 Å². The van der Waals surface area contributed by atoms with Crippen molar-refractivity contribution in [2.45, 2.75) is 64.2 Å². The molecular formula is C13H25NOS. The first kappa shape index (κ1) is 13.9. The maximum Gasteiger partial charge on any atom is 0.235 e. The largest absolute Gasteiger partial charge is 0.339 e. The number of likely N-dealkylation sites (tertiary alicyclic amines) is 1. The maximum atomic E-state index is 12.2. The minimum Gasteiger partial charge on any atom is -0.339 e. The van der Waals surface area contributed by atoms with Gasteiger partial charge < -0.3 is 4.90 Å². The highest BCUT2D eigenvalue weighted by molar-refractivity contribution is 8.00. The molecule has 1 fully saturated rings. The lowest BCUT2D eigenvalue weighted by Gasteiger charge is -2.35. The Kier molecular flexibility index (Phi) is 6.25. The lowest BCUT2D eigenvalue weighted by Crippen LogP contribution is -2.45. The Morgan fingerprint density at radius 3 is 2.88 bits per heavy atom. The molecular weight excluding hydrogens is 218 g/mol. The molecule has 0 bridgehead atoms.